The highest BCUT2D eigenvalue weighted by molar-refractivity contribution is 7.16. The van der Waals surface area contributed by atoms with Crippen molar-refractivity contribution in [2.45, 2.75) is 18.9 Å². The third-order valence-corrected chi connectivity index (χ3v) is 5.48. The van der Waals surface area contributed by atoms with Crippen LogP contribution in [0.2, 0.25) is 0 Å². The van der Waals surface area contributed by atoms with Crippen molar-refractivity contribution in [1.82, 2.24) is 20.2 Å². The molecule has 0 bridgehead atoms. The smallest absolute Gasteiger partial charge is 0.317 e. The van der Waals surface area contributed by atoms with E-state index in [2.05, 4.69) is 31.6 Å². The maximum Gasteiger partial charge on any atom is 0.317 e. The molecule has 24 heavy (non-hydrogen) atoms. The molecule has 2 fully saturated rings. The number of anilines is 1. The molecule has 0 atom stereocenters. The van der Waals surface area contributed by atoms with E-state index >= 15 is 0 Å². The molecule has 4 rings (SSSR count). The molecule has 0 saturated carbocycles. The summed E-state index contributed by atoms with van der Waals surface area (Å²) in [5, 5.41) is 6.34. The maximum absolute atomic E-state index is 12.3. The number of urea groups is 1. The van der Waals surface area contributed by atoms with Crippen molar-refractivity contribution in [3.63, 3.8) is 0 Å². The number of nitrogens with zero attached hydrogens (tertiary/aromatic N) is 4. The van der Waals surface area contributed by atoms with Crippen LogP contribution >= 0.6 is 11.3 Å². The van der Waals surface area contributed by atoms with Crippen LogP contribution < -0.4 is 10.2 Å². The maximum atomic E-state index is 12.3. The van der Waals surface area contributed by atoms with E-state index in [1.807, 2.05) is 4.90 Å². The molecule has 0 spiro atoms. The lowest BCUT2D eigenvalue weighted by molar-refractivity contribution is 0.0523. The second kappa shape index (κ2) is 6.90. The first kappa shape index (κ1) is 15.6. The number of carbonyl (C=O) groups is 1. The van der Waals surface area contributed by atoms with E-state index in [1.165, 1.54) is 0 Å². The van der Waals surface area contributed by atoms with Crippen LogP contribution in [0.3, 0.4) is 0 Å². The lowest BCUT2D eigenvalue weighted by Crippen LogP contribution is -2.52. The minimum atomic E-state index is 0.0408. The number of hydrogen-bond donors (Lipinski definition) is 1. The molecule has 2 aromatic heterocycles. The fourth-order valence-corrected chi connectivity index (χ4v) is 4.02. The SMILES string of the molecule is O=C(NC1CCN(c2ncnc3sccc23)CC1)N1CCOCC1. The van der Waals surface area contributed by atoms with Crippen molar-refractivity contribution in [2.24, 2.45) is 0 Å². The molecule has 0 aromatic carbocycles. The van der Waals surface area contributed by atoms with Gasteiger partial charge in [0.25, 0.3) is 0 Å². The van der Waals surface area contributed by atoms with E-state index in [0.717, 1.165) is 42.0 Å². The number of rotatable bonds is 2. The van der Waals surface area contributed by atoms with E-state index in [1.54, 1.807) is 17.7 Å². The Balaban J connectivity index is 1.35. The number of fused-ring (bicyclic) bond motifs is 1. The molecule has 8 heteroatoms. The number of carbonyl (C=O) groups excluding carboxylic acids is 1. The Labute approximate surface area is 144 Å². The third-order valence-electron chi connectivity index (χ3n) is 4.66. The zero-order valence-corrected chi connectivity index (χ0v) is 14.3. The molecule has 2 saturated heterocycles. The summed E-state index contributed by atoms with van der Waals surface area (Å²) in [6, 6.07) is 2.36. The van der Waals surface area contributed by atoms with E-state index in [0.29, 0.717) is 26.3 Å². The molecule has 0 aliphatic carbocycles. The summed E-state index contributed by atoms with van der Waals surface area (Å²) >= 11 is 1.64. The van der Waals surface area contributed by atoms with Crippen LogP contribution in [0.4, 0.5) is 10.6 Å². The van der Waals surface area contributed by atoms with E-state index in [-0.39, 0.29) is 12.1 Å². The second-order valence-corrected chi connectivity index (χ2v) is 7.04. The molecule has 0 radical (unpaired) electrons. The largest absolute Gasteiger partial charge is 0.378 e. The molecule has 2 amide bonds. The van der Waals surface area contributed by atoms with Crippen molar-refractivity contribution in [1.29, 1.82) is 0 Å². The zero-order valence-electron chi connectivity index (χ0n) is 13.5. The van der Waals surface area contributed by atoms with Crippen molar-refractivity contribution >= 4 is 33.4 Å². The van der Waals surface area contributed by atoms with Crippen molar-refractivity contribution in [3.8, 4) is 0 Å². The highest BCUT2D eigenvalue weighted by Gasteiger charge is 2.25. The van der Waals surface area contributed by atoms with Gasteiger partial charge < -0.3 is 19.9 Å². The molecular formula is C16H21N5O2S. The molecule has 2 aromatic rings. The Hall–Kier alpha value is -1.93. The number of nitrogens with one attached hydrogen (secondary N) is 1. The first-order valence-electron chi connectivity index (χ1n) is 8.37. The van der Waals surface area contributed by atoms with Gasteiger partial charge in [0.2, 0.25) is 0 Å². The van der Waals surface area contributed by atoms with E-state index in [9.17, 15) is 4.79 Å². The summed E-state index contributed by atoms with van der Waals surface area (Å²) in [6.07, 6.45) is 3.51. The summed E-state index contributed by atoms with van der Waals surface area (Å²) < 4.78 is 5.29. The summed E-state index contributed by atoms with van der Waals surface area (Å²) in [4.78, 5) is 26.2. The molecule has 7 nitrogen and oxygen atoms in total. The fraction of sp³-hybridized carbons (Fsp3) is 0.562. The minimum Gasteiger partial charge on any atom is -0.378 e. The highest BCUT2D eigenvalue weighted by atomic mass is 32.1. The van der Waals surface area contributed by atoms with Gasteiger partial charge in [-0.1, -0.05) is 0 Å². The molecule has 2 aliphatic heterocycles. The summed E-state index contributed by atoms with van der Waals surface area (Å²) in [7, 11) is 0. The van der Waals surface area contributed by atoms with Crippen LogP contribution in [0.5, 0.6) is 0 Å². The zero-order chi connectivity index (χ0) is 16.4. The van der Waals surface area contributed by atoms with Gasteiger partial charge in [0.1, 0.15) is 17.0 Å². The predicted molar refractivity (Wildman–Crippen MR) is 93.6 cm³/mol. The minimum absolute atomic E-state index is 0.0408. The van der Waals surface area contributed by atoms with Gasteiger partial charge in [-0.25, -0.2) is 14.8 Å². The molecule has 2 aliphatic rings. The van der Waals surface area contributed by atoms with Crippen LogP contribution in [0, 0.1) is 0 Å². The first-order valence-corrected chi connectivity index (χ1v) is 9.25. The number of piperidine rings is 1. The predicted octanol–water partition coefficient (Wildman–Crippen LogP) is 1.70. The van der Waals surface area contributed by atoms with Crippen LogP contribution in [-0.2, 0) is 4.74 Å². The number of ether oxygens (including phenoxy) is 1. The summed E-state index contributed by atoms with van der Waals surface area (Å²) in [5.41, 5.74) is 0. The van der Waals surface area contributed by atoms with Gasteiger partial charge in [-0.05, 0) is 24.3 Å². The lowest BCUT2D eigenvalue weighted by atomic mass is 10.0. The average Bonchev–Trinajstić information content (AvgIpc) is 3.12. The number of hydrogen-bond acceptors (Lipinski definition) is 6. The molecule has 1 N–H and O–H groups in total. The van der Waals surface area contributed by atoms with Crippen molar-refractivity contribution in [2.75, 3.05) is 44.3 Å². The number of thiophene rings is 1. The number of aromatic nitrogens is 2. The van der Waals surface area contributed by atoms with Crippen LogP contribution in [0.1, 0.15) is 12.8 Å². The Morgan fingerprint density at radius 2 is 2.00 bits per heavy atom. The Morgan fingerprint density at radius 3 is 2.79 bits per heavy atom. The van der Waals surface area contributed by atoms with Gasteiger partial charge in [-0.3, -0.25) is 0 Å². The Kier molecular flexibility index (Phi) is 4.48. The normalized spacial score (nSPS) is 19.7. The van der Waals surface area contributed by atoms with Crippen LogP contribution in [0.25, 0.3) is 10.2 Å². The quantitative estimate of drug-likeness (QED) is 0.895. The summed E-state index contributed by atoms with van der Waals surface area (Å²) in [5.74, 6) is 1.01. The van der Waals surface area contributed by atoms with Gasteiger partial charge in [0.05, 0.1) is 18.6 Å². The first-order chi connectivity index (χ1) is 11.8. The molecule has 128 valence electrons. The van der Waals surface area contributed by atoms with Gasteiger partial charge in [-0.15, -0.1) is 11.3 Å². The summed E-state index contributed by atoms with van der Waals surface area (Å²) in [6.45, 7) is 4.43. The van der Waals surface area contributed by atoms with Crippen molar-refractivity contribution < 1.29 is 9.53 Å². The average molecular weight is 347 g/mol. The van der Waals surface area contributed by atoms with Gasteiger partial charge >= 0.3 is 6.03 Å². The Morgan fingerprint density at radius 1 is 1.21 bits per heavy atom. The highest BCUT2D eigenvalue weighted by Crippen LogP contribution is 2.28. The Bertz CT molecular complexity index is 707. The van der Waals surface area contributed by atoms with Crippen LogP contribution in [0.15, 0.2) is 17.8 Å². The molecular weight excluding hydrogens is 326 g/mol. The fourth-order valence-electron chi connectivity index (χ4n) is 3.30. The molecule has 4 heterocycles. The van der Waals surface area contributed by atoms with Gasteiger partial charge in [0.15, 0.2) is 0 Å². The van der Waals surface area contributed by atoms with Gasteiger partial charge in [0, 0.05) is 32.2 Å². The second-order valence-electron chi connectivity index (χ2n) is 6.15. The van der Waals surface area contributed by atoms with E-state index in [4.69, 9.17) is 4.74 Å². The topological polar surface area (TPSA) is 70.6 Å². The number of morpholine rings is 1. The molecule has 0 unspecified atom stereocenters. The lowest BCUT2D eigenvalue weighted by Gasteiger charge is -2.35. The van der Waals surface area contributed by atoms with Gasteiger partial charge in [-0.2, -0.15) is 0 Å². The van der Waals surface area contributed by atoms with Crippen molar-refractivity contribution in [3.05, 3.63) is 17.8 Å². The van der Waals surface area contributed by atoms with E-state index < -0.39 is 0 Å². The van der Waals surface area contributed by atoms with Crippen LogP contribution in [-0.4, -0.2) is 66.3 Å². The monoisotopic (exact) mass is 347 g/mol. The standard InChI is InChI=1S/C16H21N5O2S/c22-16(21-6-8-23-9-7-21)19-12-1-4-20(5-2-12)14-13-3-10-24-15(13)18-11-17-14/h3,10-12H,1-2,4-9H2,(H,19,22). The third kappa shape index (κ3) is 3.16. The number of amides is 2.